The average molecular weight is 421 g/mol. The second-order valence-corrected chi connectivity index (χ2v) is 10.9. The van der Waals surface area contributed by atoms with Crippen LogP contribution in [0.3, 0.4) is 0 Å². The predicted octanol–water partition coefficient (Wildman–Crippen LogP) is 7.30. The van der Waals surface area contributed by atoms with Crippen molar-refractivity contribution in [3.8, 4) is 11.1 Å². The van der Waals surface area contributed by atoms with Crippen LogP contribution in [0.1, 0.15) is 52.0 Å². The van der Waals surface area contributed by atoms with E-state index < -0.39 is 5.97 Å². The van der Waals surface area contributed by atoms with Gasteiger partial charge in [0.05, 0.1) is 5.56 Å². The lowest BCUT2D eigenvalue weighted by molar-refractivity contribution is 0.0696. The van der Waals surface area contributed by atoms with Crippen LogP contribution in [0.4, 0.5) is 0 Å². The number of hydrogen-bond donors (Lipinski definition) is 1. The van der Waals surface area contributed by atoms with Gasteiger partial charge in [0, 0.05) is 19.4 Å². The number of benzene rings is 2. The molecule has 0 bridgehead atoms. The average Bonchev–Trinajstić information content (AvgIpc) is 3.11. The lowest BCUT2D eigenvalue weighted by atomic mass is 9.90. The maximum absolute atomic E-state index is 11.7. The number of fused-ring (bicyclic) bond motifs is 1. The van der Waals surface area contributed by atoms with Crippen LogP contribution in [-0.4, -0.2) is 15.8 Å². The van der Waals surface area contributed by atoms with Crippen molar-refractivity contribution in [1.82, 2.24) is 0 Å². The Morgan fingerprint density at radius 3 is 2.52 bits per heavy atom. The first kappa shape index (κ1) is 20.0. The first-order chi connectivity index (χ1) is 13.8. The van der Waals surface area contributed by atoms with Gasteiger partial charge in [-0.15, -0.1) is 23.1 Å². The fourth-order valence-electron chi connectivity index (χ4n) is 3.96. The third-order valence-corrected chi connectivity index (χ3v) is 7.47. The Kier molecular flexibility index (Phi) is 5.18. The molecule has 0 aliphatic carbocycles. The van der Waals surface area contributed by atoms with Gasteiger partial charge in [-0.1, -0.05) is 31.2 Å². The molecule has 4 heteroatoms. The molecule has 0 radical (unpaired) electrons. The van der Waals surface area contributed by atoms with Gasteiger partial charge in [-0.05, 0) is 85.4 Å². The van der Waals surface area contributed by atoms with Gasteiger partial charge in [0.15, 0.2) is 0 Å². The molecule has 148 valence electrons. The molecule has 4 rings (SSSR count). The standard InChI is InChI=1S/C25H24O2S2/c1-5-17-18(7-6-8-19(17)24(26)27)16-10-12-23-20(13-16)21(14-25(3,4)29-23)22-11-9-15(2)28-22/h6-14H,5H2,1-4H3,(H,26,27). The number of thioether (sulfide) groups is 1. The Hall–Kier alpha value is -2.30. The van der Waals surface area contributed by atoms with Crippen LogP contribution in [0.15, 0.2) is 59.5 Å². The van der Waals surface area contributed by atoms with Gasteiger partial charge in [-0.3, -0.25) is 0 Å². The molecular formula is C25H24O2S2. The fraction of sp³-hybridized carbons (Fsp3) is 0.240. The number of carboxylic acids is 1. The van der Waals surface area contributed by atoms with Gasteiger partial charge in [-0.25, -0.2) is 4.79 Å². The van der Waals surface area contributed by atoms with Gasteiger partial charge < -0.3 is 5.11 Å². The summed E-state index contributed by atoms with van der Waals surface area (Å²) in [5, 5.41) is 9.60. The molecule has 0 spiro atoms. The zero-order valence-corrected chi connectivity index (χ0v) is 18.7. The number of aromatic carboxylic acids is 1. The Morgan fingerprint density at radius 2 is 1.86 bits per heavy atom. The molecule has 1 aliphatic rings. The molecule has 2 aromatic carbocycles. The summed E-state index contributed by atoms with van der Waals surface area (Å²) in [5.41, 5.74) is 5.87. The monoisotopic (exact) mass is 420 g/mol. The Labute approximate surface area is 180 Å². The molecule has 2 heterocycles. The second-order valence-electron chi connectivity index (χ2n) is 7.88. The van der Waals surface area contributed by atoms with Crippen LogP contribution >= 0.6 is 23.1 Å². The Bertz CT molecular complexity index is 1140. The SMILES string of the molecule is CCc1c(C(=O)O)cccc1-c1ccc2c(c1)C(c1ccc(C)s1)=CC(C)(C)S2. The summed E-state index contributed by atoms with van der Waals surface area (Å²) < 4.78 is 0.0273. The van der Waals surface area contributed by atoms with Gasteiger partial charge in [0.1, 0.15) is 0 Å². The van der Waals surface area contributed by atoms with Crippen LogP contribution in [0.2, 0.25) is 0 Å². The van der Waals surface area contributed by atoms with Crippen LogP contribution in [0.25, 0.3) is 16.7 Å². The van der Waals surface area contributed by atoms with Crippen molar-refractivity contribution < 1.29 is 9.90 Å². The number of hydrogen-bond acceptors (Lipinski definition) is 3. The Morgan fingerprint density at radius 1 is 1.07 bits per heavy atom. The molecule has 2 nitrogen and oxygen atoms in total. The van der Waals surface area contributed by atoms with E-state index in [0.29, 0.717) is 12.0 Å². The van der Waals surface area contributed by atoms with Crippen molar-refractivity contribution >= 4 is 34.6 Å². The minimum absolute atomic E-state index is 0.0273. The number of thiophene rings is 1. The van der Waals surface area contributed by atoms with Crippen LogP contribution in [0.5, 0.6) is 0 Å². The van der Waals surface area contributed by atoms with Crippen LogP contribution < -0.4 is 0 Å². The summed E-state index contributed by atoms with van der Waals surface area (Å²) in [6, 6.07) is 16.5. The number of carbonyl (C=O) groups is 1. The van der Waals surface area contributed by atoms with Crippen molar-refractivity contribution in [2.75, 3.05) is 0 Å². The van der Waals surface area contributed by atoms with Gasteiger partial charge in [0.2, 0.25) is 0 Å². The summed E-state index contributed by atoms with van der Waals surface area (Å²) in [5.74, 6) is -0.867. The number of carboxylic acid groups (broad SMARTS) is 1. The lowest BCUT2D eigenvalue weighted by Gasteiger charge is -2.29. The second kappa shape index (κ2) is 7.51. The van der Waals surface area contributed by atoms with E-state index >= 15 is 0 Å². The van der Waals surface area contributed by atoms with E-state index in [1.54, 1.807) is 6.07 Å². The highest BCUT2D eigenvalue weighted by Crippen LogP contribution is 2.48. The minimum atomic E-state index is -0.867. The number of aryl methyl sites for hydroxylation is 1. The third kappa shape index (κ3) is 3.79. The molecule has 0 saturated heterocycles. The van der Waals surface area contributed by atoms with E-state index in [0.717, 1.165) is 16.7 Å². The zero-order chi connectivity index (χ0) is 20.8. The molecule has 3 aromatic rings. The Balaban J connectivity index is 1.90. The van der Waals surface area contributed by atoms with E-state index in [1.165, 1.54) is 25.8 Å². The molecule has 1 aliphatic heterocycles. The van der Waals surface area contributed by atoms with E-state index in [2.05, 4.69) is 57.2 Å². The van der Waals surface area contributed by atoms with Gasteiger partial charge in [0.25, 0.3) is 0 Å². The van der Waals surface area contributed by atoms with Crippen molar-refractivity contribution in [2.45, 2.75) is 43.8 Å². The largest absolute Gasteiger partial charge is 0.478 e. The summed E-state index contributed by atoms with van der Waals surface area (Å²) in [4.78, 5) is 15.6. The number of rotatable bonds is 4. The highest BCUT2D eigenvalue weighted by molar-refractivity contribution is 8.01. The van der Waals surface area contributed by atoms with E-state index in [4.69, 9.17) is 0 Å². The summed E-state index contributed by atoms with van der Waals surface area (Å²) in [7, 11) is 0. The van der Waals surface area contributed by atoms with E-state index in [1.807, 2.05) is 42.2 Å². The van der Waals surface area contributed by atoms with Crippen molar-refractivity contribution in [2.24, 2.45) is 0 Å². The molecular weight excluding hydrogens is 396 g/mol. The van der Waals surface area contributed by atoms with Crippen LogP contribution in [0, 0.1) is 6.92 Å². The molecule has 0 fully saturated rings. The molecule has 0 unspecified atom stereocenters. The quantitative estimate of drug-likeness (QED) is 0.481. The third-order valence-electron chi connectivity index (χ3n) is 5.21. The van der Waals surface area contributed by atoms with E-state index in [9.17, 15) is 9.90 Å². The maximum Gasteiger partial charge on any atom is 0.335 e. The molecule has 1 aromatic heterocycles. The highest BCUT2D eigenvalue weighted by Gasteiger charge is 2.28. The lowest BCUT2D eigenvalue weighted by Crippen LogP contribution is -2.15. The normalized spacial score (nSPS) is 15.0. The van der Waals surface area contributed by atoms with Gasteiger partial charge in [-0.2, -0.15) is 0 Å². The van der Waals surface area contributed by atoms with Crippen molar-refractivity contribution in [3.63, 3.8) is 0 Å². The van der Waals surface area contributed by atoms with Crippen molar-refractivity contribution in [1.29, 1.82) is 0 Å². The molecule has 0 saturated carbocycles. The summed E-state index contributed by atoms with van der Waals surface area (Å²) in [6.07, 6.45) is 3.05. The maximum atomic E-state index is 11.7. The molecule has 29 heavy (non-hydrogen) atoms. The highest BCUT2D eigenvalue weighted by atomic mass is 32.2. The first-order valence-electron chi connectivity index (χ1n) is 9.77. The van der Waals surface area contributed by atoms with Crippen molar-refractivity contribution in [3.05, 3.63) is 81.1 Å². The topological polar surface area (TPSA) is 37.3 Å². The smallest absolute Gasteiger partial charge is 0.335 e. The summed E-state index contributed by atoms with van der Waals surface area (Å²) in [6.45, 7) is 8.66. The summed E-state index contributed by atoms with van der Waals surface area (Å²) >= 11 is 3.69. The minimum Gasteiger partial charge on any atom is -0.478 e. The first-order valence-corrected chi connectivity index (χ1v) is 11.4. The van der Waals surface area contributed by atoms with Gasteiger partial charge >= 0.3 is 5.97 Å². The molecule has 1 N–H and O–H groups in total. The fourth-order valence-corrected chi connectivity index (χ4v) is 6.01. The van der Waals surface area contributed by atoms with Crippen LogP contribution in [-0.2, 0) is 6.42 Å². The zero-order valence-electron chi connectivity index (χ0n) is 17.1. The predicted molar refractivity (Wildman–Crippen MR) is 124 cm³/mol. The molecule has 0 amide bonds. The van der Waals surface area contributed by atoms with E-state index in [-0.39, 0.29) is 4.75 Å². The molecule has 0 atom stereocenters.